The van der Waals surface area contributed by atoms with E-state index in [4.69, 9.17) is 9.47 Å². The van der Waals surface area contributed by atoms with Crippen molar-refractivity contribution >= 4 is 11.7 Å². The molecule has 202 valence electrons. The molecule has 0 bridgehead atoms. The number of fused-ring (bicyclic) bond motifs is 5. The van der Waals surface area contributed by atoms with Crippen molar-refractivity contribution in [3.8, 4) is 0 Å². The Morgan fingerprint density at radius 1 is 1.19 bits per heavy atom. The Morgan fingerprint density at radius 3 is 2.47 bits per heavy atom. The van der Waals surface area contributed by atoms with E-state index < -0.39 is 34.9 Å². The molecule has 1 amide bonds. The second-order valence-corrected chi connectivity index (χ2v) is 12.0. The number of methoxy groups -OCH3 is 2. The van der Waals surface area contributed by atoms with Gasteiger partial charge in [-0.2, -0.15) is 0 Å². The van der Waals surface area contributed by atoms with Crippen LogP contribution in [0.4, 0.5) is 0 Å². The van der Waals surface area contributed by atoms with Crippen LogP contribution in [0.3, 0.4) is 0 Å². The van der Waals surface area contributed by atoms with Crippen molar-refractivity contribution in [1.29, 1.82) is 0 Å². The number of aliphatic hydroxyl groups excluding tert-OH is 2. The topological polar surface area (TPSA) is 117 Å². The Balaban J connectivity index is 1.68. The summed E-state index contributed by atoms with van der Waals surface area (Å²) in [7, 11) is 3.07. The molecule has 4 rings (SSSR count). The summed E-state index contributed by atoms with van der Waals surface area (Å²) in [5.41, 5.74) is -1.44. The molecule has 0 radical (unpaired) electrons. The minimum absolute atomic E-state index is 0.0120. The molecule has 3 unspecified atom stereocenters. The lowest BCUT2D eigenvalue weighted by atomic mass is 9.46. The van der Waals surface area contributed by atoms with E-state index in [0.717, 1.165) is 18.4 Å². The van der Waals surface area contributed by atoms with Crippen molar-refractivity contribution in [3.05, 3.63) is 24.3 Å². The number of hydrogen-bond acceptors (Lipinski definition) is 7. The van der Waals surface area contributed by atoms with Gasteiger partial charge in [0.1, 0.15) is 0 Å². The third-order valence-corrected chi connectivity index (χ3v) is 10.6. The lowest BCUT2D eigenvalue weighted by Gasteiger charge is -2.60. The molecule has 3 N–H and O–H groups in total. The average Bonchev–Trinajstić information content (AvgIpc) is 3.12. The summed E-state index contributed by atoms with van der Waals surface area (Å²) in [6, 6.07) is -0.214. The predicted octanol–water partition coefficient (Wildman–Crippen LogP) is 2.21. The first-order valence-electron chi connectivity index (χ1n) is 13.2. The summed E-state index contributed by atoms with van der Waals surface area (Å²) in [5.74, 6) is -0.676. The fraction of sp³-hybridized carbons (Fsp3) is 0.786. The largest absolute Gasteiger partial charge is 0.390 e. The number of carbonyl (C=O) groups excluding carboxylic acids is 2. The van der Waals surface area contributed by atoms with Crippen molar-refractivity contribution in [3.63, 3.8) is 0 Å². The second kappa shape index (κ2) is 9.62. The molecule has 4 aliphatic carbocycles. The van der Waals surface area contributed by atoms with Gasteiger partial charge in [0.15, 0.2) is 12.1 Å². The first-order chi connectivity index (χ1) is 16.9. The minimum atomic E-state index is -1.18. The van der Waals surface area contributed by atoms with E-state index in [1.54, 1.807) is 11.0 Å². The van der Waals surface area contributed by atoms with Crippen LogP contribution in [-0.4, -0.2) is 82.8 Å². The van der Waals surface area contributed by atoms with E-state index in [9.17, 15) is 24.9 Å². The predicted molar refractivity (Wildman–Crippen MR) is 134 cm³/mol. The van der Waals surface area contributed by atoms with Crippen LogP contribution in [0.2, 0.25) is 0 Å². The van der Waals surface area contributed by atoms with Gasteiger partial charge < -0.3 is 29.7 Å². The zero-order valence-corrected chi connectivity index (χ0v) is 22.3. The van der Waals surface area contributed by atoms with Gasteiger partial charge in [-0.25, -0.2) is 0 Å². The molecule has 4 aliphatic rings. The third kappa shape index (κ3) is 3.91. The van der Waals surface area contributed by atoms with Crippen molar-refractivity contribution in [2.45, 2.75) is 89.4 Å². The SMILES string of the molecule is C=CC(=O)N(CC(OC)OC)C(C)C1CC[C@@]2(O)C3=CC(=O)[C@@H]4C[C@@H](O)[C@@H](O)C[C@]4(C)C3CC[C@]12C. The highest BCUT2D eigenvalue weighted by atomic mass is 16.7. The lowest BCUT2D eigenvalue weighted by Crippen LogP contribution is -2.61. The Bertz CT molecular complexity index is 931. The van der Waals surface area contributed by atoms with Crippen LogP contribution in [-0.2, 0) is 19.1 Å². The molecule has 0 aromatic carbocycles. The quantitative estimate of drug-likeness (QED) is 0.359. The number of rotatable bonds is 7. The molecule has 3 saturated carbocycles. The first kappa shape index (κ1) is 27.5. The van der Waals surface area contributed by atoms with E-state index in [0.29, 0.717) is 19.3 Å². The van der Waals surface area contributed by atoms with Crippen LogP contribution in [0.15, 0.2) is 24.3 Å². The van der Waals surface area contributed by atoms with Crippen LogP contribution in [0.1, 0.15) is 59.3 Å². The number of hydrogen-bond donors (Lipinski definition) is 3. The van der Waals surface area contributed by atoms with E-state index in [2.05, 4.69) is 13.5 Å². The molecule has 8 heteroatoms. The van der Waals surface area contributed by atoms with Gasteiger partial charge in [0, 0.05) is 31.6 Å². The number of aliphatic hydroxyl groups is 3. The van der Waals surface area contributed by atoms with Crippen LogP contribution in [0.5, 0.6) is 0 Å². The van der Waals surface area contributed by atoms with Crippen molar-refractivity contribution in [1.82, 2.24) is 4.90 Å². The zero-order valence-electron chi connectivity index (χ0n) is 22.3. The van der Waals surface area contributed by atoms with Gasteiger partial charge in [0.05, 0.1) is 24.4 Å². The molecule has 0 aliphatic heterocycles. The maximum atomic E-state index is 13.3. The van der Waals surface area contributed by atoms with Crippen LogP contribution < -0.4 is 0 Å². The molecule has 8 nitrogen and oxygen atoms in total. The third-order valence-electron chi connectivity index (χ3n) is 10.6. The van der Waals surface area contributed by atoms with Gasteiger partial charge >= 0.3 is 0 Å². The van der Waals surface area contributed by atoms with E-state index in [1.165, 1.54) is 20.3 Å². The van der Waals surface area contributed by atoms with Crippen molar-refractivity contribution in [2.24, 2.45) is 28.6 Å². The van der Waals surface area contributed by atoms with Crippen LogP contribution >= 0.6 is 0 Å². The number of ether oxygens (including phenoxy) is 2. The summed E-state index contributed by atoms with van der Waals surface area (Å²) in [6.07, 6.45) is 3.95. The molecule has 0 saturated heterocycles. The number of carbonyl (C=O) groups is 2. The van der Waals surface area contributed by atoms with E-state index in [-0.39, 0.29) is 48.5 Å². The van der Waals surface area contributed by atoms with Crippen LogP contribution in [0, 0.1) is 28.6 Å². The van der Waals surface area contributed by atoms with Gasteiger partial charge in [-0.3, -0.25) is 9.59 Å². The van der Waals surface area contributed by atoms with Gasteiger partial charge in [-0.1, -0.05) is 20.4 Å². The van der Waals surface area contributed by atoms with Gasteiger partial charge in [0.25, 0.3) is 0 Å². The van der Waals surface area contributed by atoms with Gasteiger partial charge in [-0.05, 0) is 80.4 Å². The van der Waals surface area contributed by atoms with Gasteiger partial charge in [-0.15, -0.1) is 0 Å². The normalized spacial score (nSPS) is 42.8. The van der Waals surface area contributed by atoms with E-state index in [1.807, 2.05) is 13.8 Å². The summed E-state index contributed by atoms with van der Waals surface area (Å²) in [5, 5.41) is 33.2. The Kier molecular flexibility index (Phi) is 7.34. The zero-order chi connectivity index (χ0) is 26.6. The standard InChI is InChI=1S/C28H43NO7/c1-7-24(33)29(15-25(35-5)36-6)16(2)17-9-11-28(34)19-12-21(30)20-13-22(31)23(32)14-26(20,3)18(19)8-10-27(17,28)4/h7,12,16-18,20,22-23,25,31-32,34H,1,8-11,13-15H2,2-6H3/t16?,17?,18?,20-,22+,23-,26+,27+,28+/m0/s1. The highest BCUT2D eigenvalue weighted by Crippen LogP contribution is 2.67. The Morgan fingerprint density at radius 2 is 1.86 bits per heavy atom. The number of allylic oxidation sites excluding steroid dienone is 1. The molecule has 36 heavy (non-hydrogen) atoms. The maximum absolute atomic E-state index is 13.3. The molecule has 0 aromatic heterocycles. The molecule has 0 spiro atoms. The summed E-state index contributed by atoms with van der Waals surface area (Å²) >= 11 is 0. The summed E-state index contributed by atoms with van der Waals surface area (Å²) in [4.78, 5) is 27.9. The number of ketones is 1. The minimum Gasteiger partial charge on any atom is -0.390 e. The highest BCUT2D eigenvalue weighted by molar-refractivity contribution is 5.95. The Labute approximate surface area is 214 Å². The van der Waals surface area contributed by atoms with E-state index >= 15 is 0 Å². The van der Waals surface area contributed by atoms with Crippen molar-refractivity contribution < 1.29 is 34.4 Å². The fourth-order valence-corrected chi connectivity index (χ4v) is 8.38. The monoisotopic (exact) mass is 505 g/mol. The fourth-order valence-electron chi connectivity index (χ4n) is 8.38. The number of nitrogens with zero attached hydrogens (tertiary/aromatic N) is 1. The smallest absolute Gasteiger partial charge is 0.246 e. The van der Waals surface area contributed by atoms with Crippen molar-refractivity contribution in [2.75, 3.05) is 20.8 Å². The molecule has 9 atom stereocenters. The molecule has 0 aromatic rings. The summed E-state index contributed by atoms with van der Waals surface area (Å²) in [6.45, 7) is 10.1. The average molecular weight is 506 g/mol. The number of amides is 1. The molecule has 0 heterocycles. The second-order valence-electron chi connectivity index (χ2n) is 12.0. The van der Waals surface area contributed by atoms with Gasteiger partial charge in [0.2, 0.25) is 5.91 Å². The molecular weight excluding hydrogens is 462 g/mol. The summed E-state index contributed by atoms with van der Waals surface area (Å²) < 4.78 is 10.7. The first-order valence-corrected chi connectivity index (χ1v) is 13.2. The highest BCUT2D eigenvalue weighted by Gasteiger charge is 2.67. The Hall–Kier alpha value is -1.58. The molecular formula is C28H43NO7. The lowest BCUT2D eigenvalue weighted by molar-refractivity contribution is -0.158. The molecule has 3 fully saturated rings. The van der Waals surface area contributed by atoms with Crippen LogP contribution in [0.25, 0.3) is 0 Å². The maximum Gasteiger partial charge on any atom is 0.246 e.